The van der Waals surface area contributed by atoms with Gasteiger partial charge in [-0.15, -0.1) is 0 Å². The highest BCUT2D eigenvalue weighted by Gasteiger charge is 2.25. The molecule has 2 aromatic heterocycles. The number of fused-ring (bicyclic) bond motifs is 1. The van der Waals surface area contributed by atoms with Crippen molar-refractivity contribution in [2.75, 3.05) is 62.3 Å². The molecule has 11 nitrogen and oxygen atoms in total. The van der Waals surface area contributed by atoms with Crippen molar-refractivity contribution < 1.29 is 18.9 Å². The summed E-state index contributed by atoms with van der Waals surface area (Å²) in [7, 11) is 3.24. The highest BCUT2D eigenvalue weighted by molar-refractivity contribution is 5.92. The minimum absolute atomic E-state index is 0.504. The molecule has 1 saturated heterocycles. The molecule has 204 valence electrons. The Hall–Kier alpha value is -4.54. The first-order valence-electron chi connectivity index (χ1n) is 12.9. The molecule has 3 heterocycles. The van der Waals surface area contributed by atoms with Gasteiger partial charge in [-0.25, -0.2) is 15.0 Å². The predicted molar refractivity (Wildman–Crippen MR) is 151 cm³/mol. The van der Waals surface area contributed by atoms with Gasteiger partial charge in [0.1, 0.15) is 29.5 Å². The van der Waals surface area contributed by atoms with Crippen LogP contribution in [0.2, 0.25) is 0 Å². The minimum Gasteiger partial charge on any atom is -0.494 e. The summed E-state index contributed by atoms with van der Waals surface area (Å²) in [4.78, 5) is 22.9. The fraction of sp³-hybridized carbons (Fsp3) is 0.357. The van der Waals surface area contributed by atoms with Gasteiger partial charge in [-0.3, -0.25) is 0 Å². The third-order valence-electron chi connectivity index (χ3n) is 6.32. The summed E-state index contributed by atoms with van der Waals surface area (Å²) in [5.74, 6) is 4.89. The first-order chi connectivity index (χ1) is 19.0. The van der Waals surface area contributed by atoms with Gasteiger partial charge in [0.2, 0.25) is 5.95 Å². The smallest absolute Gasteiger partial charge is 0.229 e. The van der Waals surface area contributed by atoms with Crippen molar-refractivity contribution in [2.45, 2.75) is 20.8 Å². The van der Waals surface area contributed by atoms with Crippen molar-refractivity contribution in [3.63, 3.8) is 0 Å². The zero-order chi connectivity index (χ0) is 27.4. The molecule has 11 heteroatoms. The number of anilines is 4. The highest BCUT2D eigenvalue weighted by Crippen LogP contribution is 2.36. The summed E-state index contributed by atoms with van der Waals surface area (Å²) >= 11 is 0. The third kappa shape index (κ3) is 5.66. The Labute approximate surface area is 227 Å². The van der Waals surface area contributed by atoms with Crippen molar-refractivity contribution in [3.8, 4) is 23.0 Å². The standard InChI is InChI=1S/C28H33N7O4/c1-6-38-20-11-19(12-21(13-20)39-7-2)32-28-31-18(3)10-26(33-28)34-8-9-35(17-34)27-22-14-24(36-4)25(37-5)15-23(22)29-16-30-27/h10-16H,6-9,17H2,1-5H3,(H,31,32,33). The predicted octanol–water partition coefficient (Wildman–Crippen LogP) is 4.57. The average molecular weight is 532 g/mol. The number of nitrogens with one attached hydrogen (secondary N) is 1. The van der Waals surface area contributed by atoms with Gasteiger partial charge in [-0.1, -0.05) is 0 Å². The van der Waals surface area contributed by atoms with Crippen LogP contribution in [0.1, 0.15) is 19.5 Å². The zero-order valence-electron chi connectivity index (χ0n) is 22.9. The number of nitrogens with zero attached hydrogens (tertiary/aromatic N) is 6. The minimum atomic E-state index is 0.504. The second-order valence-electron chi connectivity index (χ2n) is 8.97. The number of benzene rings is 2. The number of rotatable bonds is 10. The van der Waals surface area contributed by atoms with Crippen molar-refractivity contribution in [3.05, 3.63) is 48.4 Å². The monoisotopic (exact) mass is 531 g/mol. The van der Waals surface area contributed by atoms with Crippen LogP contribution >= 0.6 is 0 Å². The molecule has 0 bridgehead atoms. The molecular weight excluding hydrogens is 498 g/mol. The Morgan fingerprint density at radius 2 is 1.51 bits per heavy atom. The molecule has 1 aliphatic heterocycles. The van der Waals surface area contributed by atoms with Crippen LogP contribution in [-0.2, 0) is 0 Å². The quantitative estimate of drug-likeness (QED) is 0.311. The molecule has 0 radical (unpaired) electrons. The Morgan fingerprint density at radius 1 is 0.821 bits per heavy atom. The van der Waals surface area contributed by atoms with Crippen LogP contribution in [0, 0.1) is 6.92 Å². The molecule has 4 aromatic rings. The molecule has 0 atom stereocenters. The van der Waals surface area contributed by atoms with Crippen LogP contribution in [0.5, 0.6) is 23.0 Å². The molecule has 39 heavy (non-hydrogen) atoms. The van der Waals surface area contributed by atoms with E-state index >= 15 is 0 Å². The van der Waals surface area contributed by atoms with Crippen molar-refractivity contribution in [1.29, 1.82) is 0 Å². The summed E-state index contributed by atoms with van der Waals surface area (Å²) in [6.07, 6.45) is 1.58. The number of aromatic nitrogens is 4. The largest absolute Gasteiger partial charge is 0.494 e. The maximum atomic E-state index is 5.71. The molecule has 2 aromatic carbocycles. The number of methoxy groups -OCH3 is 2. The second-order valence-corrected chi connectivity index (χ2v) is 8.97. The highest BCUT2D eigenvalue weighted by atomic mass is 16.5. The number of hydrogen-bond acceptors (Lipinski definition) is 11. The zero-order valence-corrected chi connectivity index (χ0v) is 22.9. The average Bonchev–Trinajstić information content (AvgIpc) is 3.42. The maximum Gasteiger partial charge on any atom is 0.229 e. The molecule has 0 saturated carbocycles. The molecular formula is C28H33N7O4. The lowest BCUT2D eigenvalue weighted by molar-refractivity contribution is 0.323. The van der Waals surface area contributed by atoms with Crippen LogP contribution in [-0.4, -0.2) is 67.1 Å². The molecule has 1 N–H and O–H groups in total. The first kappa shape index (κ1) is 26.1. The molecule has 0 amide bonds. The lowest BCUT2D eigenvalue weighted by Gasteiger charge is -2.22. The number of ether oxygens (including phenoxy) is 4. The molecule has 0 spiro atoms. The van der Waals surface area contributed by atoms with Crippen LogP contribution in [0.15, 0.2) is 42.7 Å². The van der Waals surface area contributed by atoms with Crippen molar-refractivity contribution >= 4 is 34.2 Å². The van der Waals surface area contributed by atoms with Gasteiger partial charge in [0, 0.05) is 60.2 Å². The van der Waals surface area contributed by atoms with E-state index in [1.165, 1.54) is 0 Å². The van der Waals surface area contributed by atoms with Gasteiger partial charge >= 0.3 is 0 Å². The van der Waals surface area contributed by atoms with Gasteiger partial charge in [0.05, 0.1) is 39.6 Å². The van der Waals surface area contributed by atoms with Crippen LogP contribution in [0.4, 0.5) is 23.3 Å². The Balaban J connectivity index is 1.39. The summed E-state index contributed by atoms with van der Waals surface area (Å²) in [6.45, 7) is 9.17. The van der Waals surface area contributed by atoms with Crippen LogP contribution < -0.4 is 34.1 Å². The van der Waals surface area contributed by atoms with E-state index in [2.05, 4.69) is 30.1 Å². The van der Waals surface area contributed by atoms with E-state index in [0.29, 0.717) is 37.3 Å². The maximum absolute atomic E-state index is 5.71. The van der Waals surface area contributed by atoms with Gasteiger partial charge in [-0.2, -0.15) is 4.98 Å². The third-order valence-corrected chi connectivity index (χ3v) is 6.32. The van der Waals surface area contributed by atoms with E-state index in [1.54, 1.807) is 20.5 Å². The van der Waals surface area contributed by atoms with Crippen molar-refractivity contribution in [1.82, 2.24) is 19.9 Å². The van der Waals surface area contributed by atoms with E-state index in [4.69, 9.17) is 23.9 Å². The first-order valence-corrected chi connectivity index (χ1v) is 12.9. The Bertz CT molecular complexity index is 1440. The van der Waals surface area contributed by atoms with E-state index in [-0.39, 0.29) is 0 Å². The van der Waals surface area contributed by atoms with Crippen LogP contribution in [0.3, 0.4) is 0 Å². The van der Waals surface area contributed by atoms with E-state index in [0.717, 1.165) is 58.5 Å². The lowest BCUT2D eigenvalue weighted by Crippen LogP contribution is -2.26. The molecule has 1 aliphatic rings. The Morgan fingerprint density at radius 3 is 2.21 bits per heavy atom. The Kier molecular flexibility index (Phi) is 7.67. The van der Waals surface area contributed by atoms with E-state index in [1.807, 2.05) is 57.2 Å². The molecule has 0 unspecified atom stereocenters. The fourth-order valence-electron chi connectivity index (χ4n) is 4.61. The van der Waals surface area contributed by atoms with Gasteiger partial charge < -0.3 is 34.1 Å². The summed E-state index contributed by atoms with van der Waals surface area (Å²) in [6, 6.07) is 11.5. The number of aryl methyl sites for hydroxylation is 1. The molecule has 5 rings (SSSR count). The lowest BCUT2D eigenvalue weighted by atomic mass is 10.2. The normalized spacial score (nSPS) is 13.1. The summed E-state index contributed by atoms with van der Waals surface area (Å²) in [5, 5.41) is 4.23. The molecule has 0 aliphatic carbocycles. The molecule has 1 fully saturated rings. The SMILES string of the molecule is CCOc1cc(Nc2nc(C)cc(N3CCN(c4ncnc5cc(OC)c(OC)cc45)C3)n2)cc(OCC)c1. The fourth-order valence-corrected chi connectivity index (χ4v) is 4.61. The van der Waals surface area contributed by atoms with Gasteiger partial charge in [-0.05, 0) is 26.8 Å². The van der Waals surface area contributed by atoms with E-state index in [9.17, 15) is 0 Å². The van der Waals surface area contributed by atoms with E-state index < -0.39 is 0 Å². The van der Waals surface area contributed by atoms with Crippen LogP contribution in [0.25, 0.3) is 10.9 Å². The summed E-state index contributed by atoms with van der Waals surface area (Å²) < 4.78 is 22.4. The van der Waals surface area contributed by atoms with Crippen molar-refractivity contribution in [2.24, 2.45) is 0 Å². The summed E-state index contributed by atoms with van der Waals surface area (Å²) in [5.41, 5.74) is 2.44. The second kappa shape index (κ2) is 11.5. The van der Waals surface area contributed by atoms with Gasteiger partial charge in [0.15, 0.2) is 11.5 Å². The van der Waals surface area contributed by atoms with Gasteiger partial charge in [0.25, 0.3) is 0 Å². The number of hydrogen-bond donors (Lipinski definition) is 1. The topological polar surface area (TPSA) is 107 Å².